The van der Waals surface area contributed by atoms with Crippen LogP contribution in [0.1, 0.15) is 16.1 Å². The first kappa shape index (κ1) is 11.1. The van der Waals surface area contributed by atoms with Crippen LogP contribution in [0.25, 0.3) is 0 Å². The Morgan fingerprint density at radius 2 is 2.24 bits per heavy atom. The van der Waals surface area contributed by atoms with E-state index in [2.05, 4.69) is 10.3 Å². The van der Waals surface area contributed by atoms with Crippen molar-refractivity contribution in [2.75, 3.05) is 11.1 Å². The molecular weight excluding hydrogens is 236 g/mol. The van der Waals surface area contributed by atoms with Crippen molar-refractivity contribution in [1.29, 1.82) is 5.26 Å². The number of nitrogens with one attached hydrogen (secondary N) is 1. The van der Waals surface area contributed by atoms with Gasteiger partial charge in [-0.3, -0.25) is 4.79 Å². The summed E-state index contributed by atoms with van der Waals surface area (Å²) in [4.78, 5) is 15.6. The van der Waals surface area contributed by atoms with Gasteiger partial charge in [0.25, 0.3) is 5.91 Å². The molecule has 0 aliphatic rings. The molecule has 0 bridgehead atoms. The number of carbonyl (C=O) groups is 1. The number of para-hydroxylation sites is 1. The Balaban J connectivity index is 2.22. The second-order valence-corrected chi connectivity index (χ2v) is 4.07. The van der Waals surface area contributed by atoms with Gasteiger partial charge in [0.1, 0.15) is 11.8 Å². The maximum Gasteiger partial charge on any atom is 0.275 e. The van der Waals surface area contributed by atoms with Crippen molar-refractivity contribution in [3.63, 3.8) is 0 Å². The fourth-order valence-corrected chi connectivity index (χ4v) is 1.81. The van der Waals surface area contributed by atoms with E-state index < -0.39 is 0 Å². The number of nitrogens with zero attached hydrogens (tertiary/aromatic N) is 2. The van der Waals surface area contributed by atoms with Gasteiger partial charge in [-0.25, -0.2) is 4.98 Å². The Labute approximate surface area is 102 Å². The number of nitrogens with two attached hydrogens (primary N) is 1. The average Bonchev–Trinajstić information content (AvgIpc) is 2.77. The van der Waals surface area contributed by atoms with Crippen LogP contribution in [0.15, 0.2) is 29.6 Å². The Morgan fingerprint density at radius 1 is 1.47 bits per heavy atom. The first-order valence-electron chi connectivity index (χ1n) is 4.72. The second kappa shape index (κ2) is 4.63. The van der Waals surface area contributed by atoms with E-state index in [-0.39, 0.29) is 11.6 Å². The van der Waals surface area contributed by atoms with Gasteiger partial charge in [-0.05, 0) is 12.1 Å². The monoisotopic (exact) mass is 244 g/mol. The molecule has 84 valence electrons. The molecule has 0 radical (unpaired) electrons. The highest BCUT2D eigenvalue weighted by Crippen LogP contribution is 2.16. The molecule has 6 heteroatoms. The van der Waals surface area contributed by atoms with Crippen molar-refractivity contribution in [3.05, 3.63) is 40.9 Å². The van der Waals surface area contributed by atoms with Crippen LogP contribution in [0.5, 0.6) is 0 Å². The molecule has 0 fully saturated rings. The lowest BCUT2D eigenvalue weighted by Crippen LogP contribution is -2.13. The van der Waals surface area contributed by atoms with Gasteiger partial charge < -0.3 is 11.1 Å². The first-order valence-corrected chi connectivity index (χ1v) is 5.60. The maximum absolute atomic E-state index is 11.8. The Morgan fingerprint density at radius 3 is 2.88 bits per heavy atom. The quantitative estimate of drug-likeness (QED) is 0.843. The summed E-state index contributed by atoms with van der Waals surface area (Å²) < 4.78 is 0. The first-order chi connectivity index (χ1) is 8.20. The van der Waals surface area contributed by atoms with Gasteiger partial charge in [-0.15, -0.1) is 11.3 Å². The van der Waals surface area contributed by atoms with E-state index in [1.54, 1.807) is 29.6 Å². The minimum Gasteiger partial charge on any atom is -0.375 e. The van der Waals surface area contributed by atoms with E-state index in [1.807, 2.05) is 6.07 Å². The number of carbonyl (C=O) groups excluding carboxylic acids is 1. The molecule has 0 atom stereocenters. The lowest BCUT2D eigenvalue weighted by Gasteiger charge is -2.04. The van der Waals surface area contributed by atoms with E-state index in [0.29, 0.717) is 16.4 Å². The highest BCUT2D eigenvalue weighted by Gasteiger charge is 2.11. The number of nitrogen functional groups attached to an aromatic ring is 1. The van der Waals surface area contributed by atoms with Crippen molar-refractivity contribution in [3.8, 4) is 6.07 Å². The fourth-order valence-electron chi connectivity index (χ4n) is 1.27. The molecule has 2 rings (SSSR count). The molecule has 0 unspecified atom stereocenters. The lowest BCUT2D eigenvalue weighted by atomic mass is 10.2. The van der Waals surface area contributed by atoms with Crippen molar-refractivity contribution in [2.45, 2.75) is 0 Å². The van der Waals surface area contributed by atoms with Crippen LogP contribution in [0.2, 0.25) is 0 Å². The fraction of sp³-hybridized carbons (Fsp3) is 0. The summed E-state index contributed by atoms with van der Waals surface area (Å²) in [6, 6.07) is 8.76. The second-order valence-electron chi connectivity index (χ2n) is 3.18. The summed E-state index contributed by atoms with van der Waals surface area (Å²) in [6.07, 6.45) is 0. The summed E-state index contributed by atoms with van der Waals surface area (Å²) in [7, 11) is 0. The number of thiazole rings is 1. The molecule has 3 N–H and O–H groups in total. The highest BCUT2D eigenvalue weighted by atomic mass is 32.1. The Hall–Kier alpha value is -2.39. The molecule has 17 heavy (non-hydrogen) atoms. The summed E-state index contributed by atoms with van der Waals surface area (Å²) in [5.74, 6) is -0.374. The third-order valence-electron chi connectivity index (χ3n) is 2.05. The molecule has 1 amide bonds. The number of benzene rings is 1. The van der Waals surface area contributed by atoms with E-state index in [9.17, 15) is 4.79 Å². The van der Waals surface area contributed by atoms with Gasteiger partial charge in [-0.1, -0.05) is 12.1 Å². The predicted molar refractivity (Wildman–Crippen MR) is 65.6 cm³/mol. The van der Waals surface area contributed by atoms with Gasteiger partial charge in [0.15, 0.2) is 5.13 Å². The molecule has 0 aliphatic heterocycles. The van der Waals surface area contributed by atoms with Gasteiger partial charge in [0.2, 0.25) is 0 Å². The molecule has 1 aromatic heterocycles. The largest absolute Gasteiger partial charge is 0.375 e. The molecule has 0 saturated carbocycles. The van der Waals surface area contributed by atoms with Gasteiger partial charge in [0.05, 0.1) is 11.3 Å². The average molecular weight is 244 g/mol. The molecule has 2 aromatic rings. The summed E-state index contributed by atoms with van der Waals surface area (Å²) >= 11 is 1.19. The molecule has 1 aromatic carbocycles. The topological polar surface area (TPSA) is 91.8 Å². The SMILES string of the molecule is N#Cc1ccccc1NC(=O)c1csc(N)n1. The third kappa shape index (κ3) is 2.41. The van der Waals surface area contributed by atoms with E-state index >= 15 is 0 Å². The van der Waals surface area contributed by atoms with Crippen LogP contribution in [0.4, 0.5) is 10.8 Å². The van der Waals surface area contributed by atoms with Gasteiger partial charge in [-0.2, -0.15) is 5.26 Å². The van der Waals surface area contributed by atoms with Crippen molar-refractivity contribution in [1.82, 2.24) is 4.98 Å². The van der Waals surface area contributed by atoms with Crippen molar-refractivity contribution < 1.29 is 4.79 Å². The number of aromatic nitrogens is 1. The van der Waals surface area contributed by atoms with Crippen LogP contribution in [0.3, 0.4) is 0 Å². The minimum atomic E-state index is -0.374. The van der Waals surface area contributed by atoms with Gasteiger partial charge in [0, 0.05) is 5.38 Å². The van der Waals surface area contributed by atoms with E-state index in [1.165, 1.54) is 11.3 Å². The molecular formula is C11H8N4OS. The van der Waals surface area contributed by atoms with E-state index in [0.717, 1.165) is 0 Å². The van der Waals surface area contributed by atoms with Crippen molar-refractivity contribution in [2.24, 2.45) is 0 Å². The maximum atomic E-state index is 11.8. The number of amides is 1. The summed E-state index contributed by atoms with van der Waals surface area (Å²) in [5, 5.41) is 13.4. The minimum absolute atomic E-state index is 0.250. The van der Waals surface area contributed by atoms with E-state index in [4.69, 9.17) is 11.0 Å². The van der Waals surface area contributed by atoms with Gasteiger partial charge >= 0.3 is 0 Å². The van der Waals surface area contributed by atoms with Crippen LogP contribution in [0, 0.1) is 11.3 Å². The molecule has 0 saturated heterocycles. The number of hydrogen-bond donors (Lipinski definition) is 2. The standard InChI is InChI=1S/C11H8N4OS/c12-5-7-3-1-2-4-8(7)14-10(16)9-6-17-11(13)15-9/h1-4,6H,(H2,13,15)(H,14,16). The molecule has 1 heterocycles. The number of rotatable bonds is 2. The third-order valence-corrected chi connectivity index (χ3v) is 2.72. The van der Waals surface area contributed by atoms with Crippen LogP contribution >= 0.6 is 11.3 Å². The Bertz CT molecular complexity index is 600. The Kier molecular flexibility index (Phi) is 3.03. The normalized spacial score (nSPS) is 9.59. The summed E-state index contributed by atoms with van der Waals surface area (Å²) in [6.45, 7) is 0. The lowest BCUT2D eigenvalue weighted by molar-refractivity contribution is 0.102. The van der Waals surface area contributed by atoms with Crippen LogP contribution in [-0.4, -0.2) is 10.9 Å². The van der Waals surface area contributed by atoms with Crippen LogP contribution in [-0.2, 0) is 0 Å². The number of hydrogen-bond acceptors (Lipinski definition) is 5. The van der Waals surface area contributed by atoms with Crippen LogP contribution < -0.4 is 11.1 Å². The van der Waals surface area contributed by atoms with Crippen molar-refractivity contribution >= 4 is 28.1 Å². The predicted octanol–water partition coefficient (Wildman–Crippen LogP) is 1.85. The zero-order valence-corrected chi connectivity index (χ0v) is 9.49. The highest BCUT2D eigenvalue weighted by molar-refractivity contribution is 7.13. The molecule has 0 spiro atoms. The smallest absolute Gasteiger partial charge is 0.275 e. The molecule has 0 aliphatic carbocycles. The number of anilines is 2. The zero-order valence-electron chi connectivity index (χ0n) is 8.68. The molecule has 5 nitrogen and oxygen atoms in total. The number of nitriles is 1. The summed E-state index contributed by atoms with van der Waals surface area (Å²) in [5.41, 5.74) is 6.56. The zero-order chi connectivity index (χ0) is 12.3.